The van der Waals surface area contributed by atoms with Crippen molar-refractivity contribution in [2.45, 2.75) is 9.79 Å². The first kappa shape index (κ1) is 21.4. The molecule has 4 rings (SSSR count). The molecule has 2 unspecified atom stereocenters. The van der Waals surface area contributed by atoms with Gasteiger partial charge in [0.05, 0.1) is 24.0 Å². The van der Waals surface area contributed by atoms with Gasteiger partial charge in [-0.1, -0.05) is 47.5 Å². The van der Waals surface area contributed by atoms with E-state index in [1.165, 1.54) is 14.2 Å². The van der Waals surface area contributed by atoms with Gasteiger partial charge >= 0.3 is 0 Å². The Kier molecular flexibility index (Phi) is 6.25. The van der Waals surface area contributed by atoms with Crippen molar-refractivity contribution < 1.29 is 16.8 Å². The molecule has 4 nitrogen and oxygen atoms in total. The molecule has 0 aliphatic rings. The number of halogens is 2. The van der Waals surface area contributed by atoms with Crippen LogP contribution >= 0.6 is 23.2 Å². The fourth-order valence-electron chi connectivity index (χ4n) is 3.53. The average Bonchev–Trinajstić information content (AvgIpc) is 2.76. The van der Waals surface area contributed by atoms with Gasteiger partial charge in [0.25, 0.3) is 0 Å². The van der Waals surface area contributed by atoms with Crippen molar-refractivity contribution in [1.29, 1.82) is 0 Å². The second-order valence-electron chi connectivity index (χ2n) is 6.41. The smallest absolute Gasteiger partial charge is 0.189 e. The van der Waals surface area contributed by atoms with Crippen LogP contribution < -0.4 is 0 Å². The Balaban J connectivity index is 2.23. The predicted octanol–water partition coefficient (Wildman–Crippen LogP) is 6.30. The monoisotopic (exact) mass is 478 g/mol. The van der Waals surface area contributed by atoms with E-state index in [1.54, 1.807) is 24.3 Å². The molecule has 30 heavy (non-hydrogen) atoms. The third-order valence-electron chi connectivity index (χ3n) is 4.80. The van der Waals surface area contributed by atoms with Gasteiger partial charge in [-0.15, -0.1) is 0 Å². The maximum Gasteiger partial charge on any atom is 0.189 e. The SMILES string of the molecule is COS(=O)c1ccc2cc(Cl)ccc2c1-c1c(S(=O)OC)ccc2cc(Cl)ccc12. The fourth-order valence-corrected chi connectivity index (χ4v) is 5.37. The Morgan fingerprint density at radius 3 is 1.40 bits per heavy atom. The molecule has 0 fully saturated rings. The summed E-state index contributed by atoms with van der Waals surface area (Å²) < 4.78 is 35.9. The maximum absolute atomic E-state index is 12.8. The maximum atomic E-state index is 12.8. The molecule has 0 saturated heterocycles. The van der Waals surface area contributed by atoms with E-state index in [0.717, 1.165) is 21.5 Å². The lowest BCUT2D eigenvalue weighted by molar-refractivity contribution is 0.445. The zero-order valence-electron chi connectivity index (χ0n) is 16.0. The first-order chi connectivity index (χ1) is 14.4. The number of fused-ring (bicyclic) bond motifs is 2. The molecule has 0 radical (unpaired) electrons. The van der Waals surface area contributed by atoms with E-state index in [0.29, 0.717) is 31.0 Å². The highest BCUT2D eigenvalue weighted by molar-refractivity contribution is 7.80. The Hall–Kier alpha value is -1.80. The van der Waals surface area contributed by atoms with Gasteiger partial charge in [-0.2, -0.15) is 0 Å². The second kappa shape index (κ2) is 8.75. The minimum Gasteiger partial charge on any atom is -0.290 e. The Bertz CT molecular complexity index is 1230. The number of hydrogen-bond donors (Lipinski definition) is 0. The molecule has 0 aliphatic carbocycles. The molecular weight excluding hydrogens is 463 g/mol. The highest BCUT2D eigenvalue weighted by Gasteiger charge is 2.23. The highest BCUT2D eigenvalue weighted by Crippen LogP contribution is 2.42. The van der Waals surface area contributed by atoms with E-state index in [2.05, 4.69) is 0 Å². The number of hydrogen-bond acceptors (Lipinski definition) is 4. The van der Waals surface area contributed by atoms with Gasteiger partial charge in [0, 0.05) is 21.2 Å². The van der Waals surface area contributed by atoms with Crippen LogP contribution in [0.5, 0.6) is 0 Å². The van der Waals surface area contributed by atoms with Crippen LogP contribution in [0.1, 0.15) is 0 Å². The van der Waals surface area contributed by atoms with Crippen LogP contribution in [0.25, 0.3) is 32.7 Å². The van der Waals surface area contributed by atoms with Crippen molar-refractivity contribution in [3.63, 3.8) is 0 Å². The van der Waals surface area contributed by atoms with Gasteiger partial charge in [0.1, 0.15) is 0 Å². The predicted molar refractivity (Wildman–Crippen MR) is 124 cm³/mol. The minimum absolute atomic E-state index is 0.462. The van der Waals surface area contributed by atoms with Crippen molar-refractivity contribution in [1.82, 2.24) is 0 Å². The molecule has 0 spiro atoms. The molecule has 4 aromatic carbocycles. The Morgan fingerprint density at radius 2 is 1.03 bits per heavy atom. The van der Waals surface area contributed by atoms with E-state index < -0.39 is 22.2 Å². The summed E-state index contributed by atoms with van der Waals surface area (Å²) in [6.07, 6.45) is 0. The standard InChI is InChI=1S/C22H16Cl2O4S2/c1-27-29(25)19-9-3-13-11-15(23)5-7-17(13)21(19)22-18-8-6-16(24)12-14(18)4-10-20(22)30(26)28-2/h3-12H,1-2H3. The second-order valence-corrected chi connectivity index (χ2v) is 9.77. The van der Waals surface area contributed by atoms with Gasteiger partial charge in [0.2, 0.25) is 0 Å². The molecule has 0 bridgehead atoms. The van der Waals surface area contributed by atoms with Gasteiger partial charge in [-0.25, -0.2) is 8.42 Å². The van der Waals surface area contributed by atoms with Crippen LogP contribution in [-0.2, 0) is 30.5 Å². The molecule has 2 atom stereocenters. The summed E-state index contributed by atoms with van der Waals surface area (Å²) in [4.78, 5) is 0.924. The summed E-state index contributed by atoms with van der Waals surface area (Å²) in [6.45, 7) is 0. The van der Waals surface area contributed by atoms with Crippen molar-refractivity contribution >= 4 is 66.9 Å². The summed E-state index contributed by atoms with van der Waals surface area (Å²) in [7, 11) is 2.76. The summed E-state index contributed by atoms with van der Waals surface area (Å²) in [5.41, 5.74) is 1.30. The molecule has 0 aliphatic heterocycles. The highest BCUT2D eigenvalue weighted by atomic mass is 35.5. The van der Waals surface area contributed by atoms with E-state index in [9.17, 15) is 8.42 Å². The first-order valence-corrected chi connectivity index (χ1v) is 11.7. The largest absolute Gasteiger partial charge is 0.290 e. The van der Waals surface area contributed by atoms with Crippen molar-refractivity contribution in [2.24, 2.45) is 0 Å². The molecular formula is C22H16Cl2O4S2. The topological polar surface area (TPSA) is 52.6 Å². The molecule has 0 heterocycles. The Labute approximate surface area is 189 Å². The number of benzene rings is 4. The van der Waals surface area contributed by atoms with Crippen LogP contribution in [0.4, 0.5) is 0 Å². The molecule has 0 N–H and O–H groups in total. The van der Waals surface area contributed by atoms with Gasteiger partial charge < -0.3 is 0 Å². The van der Waals surface area contributed by atoms with Crippen LogP contribution in [0.15, 0.2) is 70.5 Å². The summed E-state index contributed by atoms with van der Waals surface area (Å²) >= 11 is 8.92. The number of rotatable bonds is 5. The first-order valence-electron chi connectivity index (χ1n) is 8.82. The van der Waals surface area contributed by atoms with E-state index in [1.807, 2.05) is 36.4 Å². The molecule has 8 heteroatoms. The van der Waals surface area contributed by atoms with Gasteiger partial charge in [0.15, 0.2) is 22.2 Å². The van der Waals surface area contributed by atoms with E-state index in [-0.39, 0.29) is 0 Å². The van der Waals surface area contributed by atoms with Crippen LogP contribution in [0.3, 0.4) is 0 Å². The quantitative estimate of drug-likeness (QED) is 0.337. The molecule has 0 aromatic heterocycles. The van der Waals surface area contributed by atoms with Crippen LogP contribution in [0, 0.1) is 0 Å². The van der Waals surface area contributed by atoms with E-state index >= 15 is 0 Å². The molecule has 0 saturated carbocycles. The van der Waals surface area contributed by atoms with Crippen molar-refractivity contribution in [3.8, 4) is 11.1 Å². The third-order valence-corrected chi connectivity index (χ3v) is 7.27. The van der Waals surface area contributed by atoms with Gasteiger partial charge in [-0.05, 0) is 57.9 Å². The van der Waals surface area contributed by atoms with Crippen molar-refractivity contribution in [2.75, 3.05) is 14.2 Å². The third kappa shape index (κ3) is 3.80. The molecule has 0 amide bonds. The zero-order chi connectivity index (χ0) is 21.4. The zero-order valence-corrected chi connectivity index (χ0v) is 19.1. The summed E-state index contributed by atoms with van der Waals surface area (Å²) in [6, 6.07) is 18.1. The Morgan fingerprint density at radius 1 is 0.633 bits per heavy atom. The minimum atomic E-state index is -1.73. The fraction of sp³-hybridized carbons (Fsp3) is 0.0909. The van der Waals surface area contributed by atoms with E-state index in [4.69, 9.17) is 31.6 Å². The summed E-state index contributed by atoms with van der Waals surface area (Å²) in [5.74, 6) is 0. The van der Waals surface area contributed by atoms with Gasteiger partial charge in [-0.3, -0.25) is 8.37 Å². The lowest BCUT2D eigenvalue weighted by Gasteiger charge is -2.18. The normalized spacial score (nSPS) is 13.6. The lowest BCUT2D eigenvalue weighted by Crippen LogP contribution is -2.02. The molecule has 4 aromatic rings. The summed E-state index contributed by atoms with van der Waals surface area (Å²) in [5, 5.41) is 4.49. The average molecular weight is 479 g/mol. The van der Waals surface area contributed by atoms with Crippen molar-refractivity contribution in [3.05, 3.63) is 70.7 Å². The lowest BCUT2D eigenvalue weighted by atomic mass is 9.93. The molecule has 154 valence electrons. The van der Waals surface area contributed by atoms with Crippen LogP contribution in [0.2, 0.25) is 10.0 Å². The van der Waals surface area contributed by atoms with Crippen LogP contribution in [-0.4, -0.2) is 22.6 Å².